The number of hydrogen-bond acceptors (Lipinski definition) is 0. The highest BCUT2D eigenvalue weighted by molar-refractivity contribution is 5.24. The average molecular weight is 403 g/mol. The van der Waals surface area contributed by atoms with Gasteiger partial charge in [0.05, 0.1) is 0 Å². The van der Waals surface area contributed by atoms with Crippen molar-refractivity contribution in [3.63, 3.8) is 0 Å². The topological polar surface area (TPSA) is 0 Å². The Balaban J connectivity index is 0.000000236. The number of allylic oxidation sites excluding steroid dienone is 2. The predicted molar refractivity (Wildman–Crippen MR) is 131 cm³/mol. The molecule has 6 rings (SSSR count). The van der Waals surface area contributed by atoms with Gasteiger partial charge in [-0.2, -0.15) is 0 Å². The number of unbranched alkanes of at least 4 members (excludes halogenated alkanes) is 1. The molecular weight excluding hydrogens is 348 g/mol. The molecule has 0 amide bonds. The lowest BCUT2D eigenvalue weighted by Crippen LogP contribution is -2.41. The molecule has 6 aliphatic rings. The number of rotatable bonds is 1. The van der Waals surface area contributed by atoms with E-state index in [0.717, 1.165) is 41.4 Å². The highest BCUT2D eigenvalue weighted by Crippen LogP contribution is 2.76. The predicted octanol–water partition coefficient (Wildman–Crippen LogP) is 9.26. The molecule has 29 heavy (non-hydrogen) atoms. The van der Waals surface area contributed by atoms with Crippen LogP contribution in [0.15, 0.2) is 12.2 Å². The van der Waals surface area contributed by atoms with Gasteiger partial charge in [0.2, 0.25) is 0 Å². The van der Waals surface area contributed by atoms with E-state index >= 15 is 0 Å². The molecule has 0 N–H and O–H groups in total. The number of hydrogen-bond donors (Lipinski definition) is 0. The second kappa shape index (κ2) is 11.4. The summed E-state index contributed by atoms with van der Waals surface area (Å²) >= 11 is 0. The molecule has 0 aromatic carbocycles. The van der Waals surface area contributed by atoms with E-state index < -0.39 is 0 Å². The van der Waals surface area contributed by atoms with E-state index in [2.05, 4.69) is 46.8 Å². The van der Waals surface area contributed by atoms with Gasteiger partial charge in [-0.05, 0) is 90.8 Å². The lowest BCUT2D eigenvalue weighted by molar-refractivity contribution is 0.0330. The second-order valence-electron chi connectivity index (χ2n) is 10.4. The SMILES string of the molecule is CC.CC.CC1CC2CC1C1C3CC(C4C5C=CC(C5)C34)C21.CCC.CCCC. The summed E-state index contributed by atoms with van der Waals surface area (Å²) < 4.78 is 0. The van der Waals surface area contributed by atoms with E-state index in [1.54, 1.807) is 25.7 Å². The van der Waals surface area contributed by atoms with Gasteiger partial charge in [-0.15, -0.1) is 0 Å². The van der Waals surface area contributed by atoms with Gasteiger partial charge >= 0.3 is 0 Å². The summed E-state index contributed by atoms with van der Waals surface area (Å²) in [6.45, 7) is 19.2. The van der Waals surface area contributed by atoms with Gasteiger partial charge in [0.25, 0.3) is 0 Å². The zero-order valence-electron chi connectivity index (χ0n) is 21.5. The monoisotopic (exact) mass is 402 g/mol. The summed E-state index contributed by atoms with van der Waals surface area (Å²) in [6.07, 6.45) is 15.5. The van der Waals surface area contributed by atoms with E-state index in [0.29, 0.717) is 0 Å². The first-order chi connectivity index (χ1) is 14.2. The Morgan fingerprint density at radius 3 is 1.55 bits per heavy atom. The molecule has 11 unspecified atom stereocenters. The Morgan fingerprint density at radius 2 is 1.07 bits per heavy atom. The van der Waals surface area contributed by atoms with Gasteiger partial charge in [0, 0.05) is 0 Å². The highest BCUT2D eigenvalue weighted by atomic mass is 14.7. The van der Waals surface area contributed by atoms with Crippen molar-refractivity contribution in [3.8, 4) is 0 Å². The van der Waals surface area contributed by atoms with Crippen molar-refractivity contribution in [2.75, 3.05) is 0 Å². The molecule has 0 saturated heterocycles. The molecule has 0 aromatic rings. The van der Waals surface area contributed by atoms with Crippen LogP contribution in [0.25, 0.3) is 0 Å². The average Bonchev–Trinajstić information content (AvgIpc) is 3.57. The first-order valence-corrected chi connectivity index (χ1v) is 13.8. The van der Waals surface area contributed by atoms with E-state index in [1.807, 2.05) is 27.7 Å². The Hall–Kier alpha value is -0.260. The molecule has 0 radical (unpaired) electrons. The maximum absolute atomic E-state index is 2.61. The summed E-state index contributed by atoms with van der Waals surface area (Å²) in [4.78, 5) is 0. The molecule has 0 heterocycles. The van der Waals surface area contributed by atoms with E-state index in [4.69, 9.17) is 0 Å². The van der Waals surface area contributed by atoms with Crippen molar-refractivity contribution in [2.45, 2.75) is 107 Å². The first-order valence-electron chi connectivity index (χ1n) is 13.8. The molecule has 11 atom stereocenters. The summed E-state index contributed by atoms with van der Waals surface area (Å²) in [7, 11) is 0. The van der Waals surface area contributed by atoms with Crippen molar-refractivity contribution >= 4 is 0 Å². The molecule has 0 spiro atoms. The summed E-state index contributed by atoms with van der Waals surface area (Å²) in [5.41, 5.74) is 0. The third kappa shape index (κ3) is 4.25. The van der Waals surface area contributed by atoms with Crippen molar-refractivity contribution < 1.29 is 0 Å². The quantitative estimate of drug-likeness (QED) is 0.303. The van der Waals surface area contributed by atoms with Gasteiger partial charge in [-0.25, -0.2) is 0 Å². The first kappa shape index (κ1) is 25.0. The van der Waals surface area contributed by atoms with E-state index in [-0.39, 0.29) is 0 Å². The van der Waals surface area contributed by atoms with Crippen LogP contribution in [0.2, 0.25) is 0 Å². The zero-order valence-corrected chi connectivity index (χ0v) is 21.5. The van der Waals surface area contributed by atoms with Crippen LogP contribution in [0.5, 0.6) is 0 Å². The van der Waals surface area contributed by atoms with Crippen molar-refractivity contribution in [1.29, 1.82) is 0 Å². The normalized spacial score (nSPS) is 47.6. The highest BCUT2D eigenvalue weighted by Gasteiger charge is 2.70. The molecular formula is C29H54. The van der Waals surface area contributed by atoms with Crippen LogP contribution in [0.3, 0.4) is 0 Å². The van der Waals surface area contributed by atoms with Crippen LogP contribution in [-0.4, -0.2) is 0 Å². The Bertz CT molecular complexity index is 488. The molecule has 170 valence electrons. The Kier molecular flexibility index (Phi) is 9.82. The number of fused-ring (bicyclic) bond motifs is 16. The van der Waals surface area contributed by atoms with Gasteiger partial charge in [-0.1, -0.05) is 93.7 Å². The molecule has 0 aliphatic heterocycles. The van der Waals surface area contributed by atoms with Crippen LogP contribution in [-0.2, 0) is 0 Å². The van der Waals surface area contributed by atoms with Crippen LogP contribution in [0.1, 0.15) is 107 Å². The molecule has 0 nitrogen and oxygen atoms in total. The minimum absolute atomic E-state index is 1.02. The third-order valence-electron chi connectivity index (χ3n) is 9.07. The van der Waals surface area contributed by atoms with Gasteiger partial charge < -0.3 is 0 Å². The summed E-state index contributed by atoms with van der Waals surface area (Å²) in [5, 5.41) is 0. The third-order valence-corrected chi connectivity index (χ3v) is 9.07. The summed E-state index contributed by atoms with van der Waals surface area (Å²) in [6, 6.07) is 0. The molecule has 0 aromatic heterocycles. The van der Waals surface area contributed by atoms with Gasteiger partial charge in [0.15, 0.2) is 0 Å². The molecule has 5 saturated carbocycles. The van der Waals surface area contributed by atoms with Crippen LogP contribution in [0.4, 0.5) is 0 Å². The van der Waals surface area contributed by atoms with Crippen molar-refractivity contribution in [3.05, 3.63) is 12.2 Å². The largest absolute Gasteiger partial charge is 0.0848 e. The maximum atomic E-state index is 2.61. The van der Waals surface area contributed by atoms with Crippen LogP contribution >= 0.6 is 0 Å². The van der Waals surface area contributed by atoms with Gasteiger partial charge in [0.1, 0.15) is 0 Å². The smallest absolute Gasteiger partial charge is 0.0194 e. The summed E-state index contributed by atoms with van der Waals surface area (Å²) in [5.74, 6) is 12.5. The maximum Gasteiger partial charge on any atom is -0.0194 e. The molecule has 6 bridgehead atoms. The molecule has 0 heteroatoms. The second-order valence-corrected chi connectivity index (χ2v) is 10.4. The van der Waals surface area contributed by atoms with Crippen molar-refractivity contribution in [2.24, 2.45) is 65.1 Å². The van der Waals surface area contributed by atoms with E-state index in [9.17, 15) is 0 Å². The Morgan fingerprint density at radius 1 is 0.586 bits per heavy atom. The van der Waals surface area contributed by atoms with Gasteiger partial charge in [-0.3, -0.25) is 0 Å². The Labute approximate surface area is 184 Å². The van der Waals surface area contributed by atoms with Crippen LogP contribution < -0.4 is 0 Å². The lowest BCUT2D eigenvalue weighted by Gasteiger charge is -2.45. The minimum Gasteiger partial charge on any atom is -0.0848 e. The van der Waals surface area contributed by atoms with Crippen LogP contribution in [0, 0.1) is 65.1 Å². The standard InChI is InChI=1S/C18H24.C4H10.C3H8.2C2H6/c1-8-4-11-6-12(8)18-14-7-13(17(11)18)15-9-2-3-10(5-9)16(14)15;1-3-4-2;1-3-2;2*1-2/h2-3,8-18H,4-7H2,1H3;3-4H2,1-2H3;3H2,1-2H3;2*1-2H3. The minimum atomic E-state index is 1.02. The molecule has 5 fully saturated rings. The zero-order chi connectivity index (χ0) is 21.7. The fourth-order valence-electron chi connectivity index (χ4n) is 8.58. The van der Waals surface area contributed by atoms with Crippen molar-refractivity contribution in [1.82, 2.24) is 0 Å². The lowest BCUT2D eigenvalue weighted by atomic mass is 9.59. The fourth-order valence-corrected chi connectivity index (χ4v) is 8.58. The fraction of sp³-hybridized carbons (Fsp3) is 0.931. The van der Waals surface area contributed by atoms with E-state index in [1.165, 1.54) is 42.9 Å². The molecule has 6 aliphatic carbocycles.